The molecule has 0 saturated carbocycles. The molecule has 0 aliphatic carbocycles. The molecule has 0 fully saturated rings. The SMILES string of the molecule is CCOc1cc(/C=N\NC(=O)c2cc3cc([N+](=O)[O-])ccc3s2)c(Br)cc1OCc1ccccc1C#N. The Kier molecular flexibility index (Phi) is 8.12. The number of carbonyl (C=O) groups excluding carboxylic acids is 1. The molecule has 3 aromatic carbocycles. The number of fused-ring (bicyclic) bond motifs is 1. The van der Waals surface area contributed by atoms with Gasteiger partial charge in [-0.05, 0) is 53.2 Å². The van der Waals surface area contributed by atoms with Crippen LogP contribution in [0.15, 0.2) is 70.2 Å². The number of nitro groups is 1. The molecule has 0 radical (unpaired) electrons. The van der Waals surface area contributed by atoms with Crippen LogP contribution < -0.4 is 14.9 Å². The highest BCUT2D eigenvalue weighted by Gasteiger charge is 2.14. The maximum atomic E-state index is 12.6. The minimum absolute atomic E-state index is 0.0352. The van der Waals surface area contributed by atoms with E-state index in [9.17, 15) is 20.2 Å². The van der Waals surface area contributed by atoms with Gasteiger partial charge in [0.15, 0.2) is 11.5 Å². The summed E-state index contributed by atoms with van der Waals surface area (Å²) in [5.74, 6) is 0.540. The molecule has 1 amide bonds. The van der Waals surface area contributed by atoms with E-state index in [0.29, 0.717) is 44.0 Å². The van der Waals surface area contributed by atoms with Gasteiger partial charge in [0.1, 0.15) is 6.61 Å². The van der Waals surface area contributed by atoms with Crippen molar-refractivity contribution >= 4 is 55.2 Å². The van der Waals surface area contributed by atoms with Crippen LogP contribution in [0.1, 0.15) is 33.3 Å². The number of hydrogen-bond acceptors (Lipinski definition) is 8. The van der Waals surface area contributed by atoms with Crippen LogP contribution >= 0.6 is 27.3 Å². The predicted octanol–water partition coefficient (Wildman–Crippen LogP) is 6.19. The van der Waals surface area contributed by atoms with E-state index < -0.39 is 10.8 Å². The molecule has 0 aliphatic heterocycles. The number of thiophene rings is 1. The third kappa shape index (κ3) is 6.11. The number of hydrogen-bond donors (Lipinski definition) is 1. The lowest BCUT2D eigenvalue weighted by Crippen LogP contribution is -2.16. The molecular weight excluding hydrogens is 560 g/mol. The van der Waals surface area contributed by atoms with Crippen molar-refractivity contribution < 1.29 is 19.2 Å². The van der Waals surface area contributed by atoms with Crippen molar-refractivity contribution in [2.75, 3.05) is 6.61 Å². The highest BCUT2D eigenvalue weighted by Crippen LogP contribution is 2.34. The highest BCUT2D eigenvalue weighted by molar-refractivity contribution is 9.10. The Morgan fingerprint density at radius 3 is 2.73 bits per heavy atom. The maximum Gasteiger partial charge on any atom is 0.281 e. The molecule has 37 heavy (non-hydrogen) atoms. The zero-order valence-corrected chi connectivity index (χ0v) is 21.8. The quantitative estimate of drug-likeness (QED) is 0.143. The van der Waals surface area contributed by atoms with E-state index >= 15 is 0 Å². The third-order valence-electron chi connectivity index (χ3n) is 5.19. The molecule has 1 aromatic heterocycles. The normalized spacial score (nSPS) is 10.8. The van der Waals surface area contributed by atoms with Gasteiger partial charge in [-0.2, -0.15) is 10.4 Å². The van der Waals surface area contributed by atoms with Gasteiger partial charge in [-0.25, -0.2) is 5.43 Å². The van der Waals surface area contributed by atoms with E-state index in [-0.39, 0.29) is 12.3 Å². The number of halogens is 1. The average molecular weight is 579 g/mol. The fourth-order valence-corrected chi connectivity index (χ4v) is 4.77. The highest BCUT2D eigenvalue weighted by atomic mass is 79.9. The van der Waals surface area contributed by atoms with Crippen molar-refractivity contribution in [3.8, 4) is 17.6 Å². The molecule has 11 heteroatoms. The maximum absolute atomic E-state index is 12.6. The summed E-state index contributed by atoms with van der Waals surface area (Å²) >= 11 is 4.71. The van der Waals surface area contributed by atoms with Crippen molar-refractivity contribution in [3.05, 3.63) is 96.8 Å². The Bertz CT molecular complexity index is 1560. The molecule has 0 bridgehead atoms. The van der Waals surface area contributed by atoms with E-state index in [1.807, 2.05) is 19.1 Å². The van der Waals surface area contributed by atoms with Gasteiger partial charge in [0.2, 0.25) is 0 Å². The van der Waals surface area contributed by atoms with Gasteiger partial charge < -0.3 is 9.47 Å². The number of amides is 1. The molecular formula is C26H19BrN4O5S. The van der Waals surface area contributed by atoms with E-state index in [1.165, 1.54) is 29.7 Å². The first-order valence-corrected chi connectivity index (χ1v) is 12.6. The smallest absolute Gasteiger partial charge is 0.281 e. The van der Waals surface area contributed by atoms with Gasteiger partial charge >= 0.3 is 0 Å². The number of hydrazone groups is 1. The summed E-state index contributed by atoms with van der Waals surface area (Å²) in [4.78, 5) is 23.5. The molecule has 9 nitrogen and oxygen atoms in total. The van der Waals surface area contributed by atoms with Crippen molar-refractivity contribution in [1.29, 1.82) is 5.26 Å². The fraction of sp³-hybridized carbons (Fsp3) is 0.115. The Hall–Kier alpha value is -4.27. The minimum atomic E-state index is -0.475. The Morgan fingerprint density at radius 1 is 1.19 bits per heavy atom. The van der Waals surface area contributed by atoms with Crippen molar-refractivity contribution in [3.63, 3.8) is 0 Å². The third-order valence-corrected chi connectivity index (χ3v) is 6.99. The van der Waals surface area contributed by atoms with Crippen molar-refractivity contribution in [2.24, 2.45) is 5.10 Å². The summed E-state index contributed by atoms with van der Waals surface area (Å²) < 4.78 is 13.1. The van der Waals surface area contributed by atoms with Crippen LogP contribution in [-0.4, -0.2) is 23.7 Å². The molecule has 0 unspecified atom stereocenters. The minimum Gasteiger partial charge on any atom is -0.490 e. The second-order valence-corrected chi connectivity index (χ2v) is 9.54. The first kappa shape index (κ1) is 25.8. The fourth-order valence-electron chi connectivity index (χ4n) is 3.41. The van der Waals surface area contributed by atoms with Gasteiger partial charge in [0.05, 0.1) is 34.3 Å². The topological polar surface area (TPSA) is 127 Å². The summed E-state index contributed by atoms with van der Waals surface area (Å²) in [6, 6.07) is 18.9. The number of carbonyl (C=O) groups is 1. The zero-order valence-electron chi connectivity index (χ0n) is 19.4. The molecule has 4 rings (SSSR count). The van der Waals surface area contributed by atoms with E-state index in [4.69, 9.17) is 9.47 Å². The second-order valence-electron chi connectivity index (χ2n) is 7.60. The summed E-state index contributed by atoms with van der Waals surface area (Å²) in [5, 5.41) is 24.9. The lowest BCUT2D eigenvalue weighted by atomic mass is 10.1. The summed E-state index contributed by atoms with van der Waals surface area (Å²) in [6.07, 6.45) is 1.47. The standard InChI is InChI=1S/C26H19BrN4O5S/c1-2-35-22-10-19(21(27)12-23(22)36-15-17-6-4-3-5-16(17)13-28)14-29-30-26(32)25-11-18-9-20(31(33)34)7-8-24(18)37-25/h3-12,14H,2,15H2,1H3,(H,30,32)/b29-14-. The number of nitrogens with zero attached hydrogens (tertiary/aromatic N) is 3. The molecule has 0 spiro atoms. The largest absolute Gasteiger partial charge is 0.490 e. The second kappa shape index (κ2) is 11.6. The Morgan fingerprint density at radius 2 is 1.97 bits per heavy atom. The molecule has 0 saturated heterocycles. The van der Waals surface area contributed by atoms with Crippen LogP contribution in [-0.2, 0) is 6.61 Å². The van der Waals surface area contributed by atoms with Gasteiger partial charge in [-0.3, -0.25) is 14.9 Å². The lowest BCUT2D eigenvalue weighted by Gasteiger charge is -2.14. The van der Waals surface area contributed by atoms with E-state index in [2.05, 4.69) is 32.5 Å². The van der Waals surface area contributed by atoms with Crippen LogP contribution in [0.2, 0.25) is 0 Å². The summed E-state index contributed by atoms with van der Waals surface area (Å²) in [6.45, 7) is 2.45. The first-order valence-electron chi connectivity index (χ1n) is 11.0. The van der Waals surface area contributed by atoms with Crippen molar-refractivity contribution in [1.82, 2.24) is 5.43 Å². The average Bonchev–Trinajstić information content (AvgIpc) is 3.33. The van der Waals surface area contributed by atoms with Gasteiger partial charge in [0.25, 0.3) is 11.6 Å². The van der Waals surface area contributed by atoms with Crippen LogP contribution in [0.3, 0.4) is 0 Å². The molecule has 1 N–H and O–H groups in total. The Labute approximate surface area is 224 Å². The molecule has 0 aliphatic rings. The molecule has 186 valence electrons. The zero-order chi connectivity index (χ0) is 26.4. The number of nitrogens with one attached hydrogen (secondary N) is 1. The van der Waals surface area contributed by atoms with Gasteiger partial charge in [-0.15, -0.1) is 11.3 Å². The summed E-state index contributed by atoms with van der Waals surface area (Å²) in [5.41, 5.74) is 4.38. The van der Waals surface area contributed by atoms with Crippen LogP contribution in [0, 0.1) is 21.4 Å². The van der Waals surface area contributed by atoms with Crippen LogP contribution in [0.5, 0.6) is 11.5 Å². The molecule has 0 atom stereocenters. The van der Waals surface area contributed by atoms with Gasteiger partial charge in [-0.1, -0.05) is 18.2 Å². The van der Waals surface area contributed by atoms with Gasteiger partial charge in [0, 0.05) is 37.8 Å². The molecule has 1 heterocycles. The molecule has 4 aromatic rings. The number of non-ortho nitro benzene ring substituents is 1. The number of ether oxygens (including phenoxy) is 2. The van der Waals surface area contributed by atoms with Crippen LogP contribution in [0.25, 0.3) is 10.1 Å². The number of benzene rings is 3. The summed E-state index contributed by atoms with van der Waals surface area (Å²) in [7, 11) is 0. The van der Waals surface area contributed by atoms with E-state index in [0.717, 1.165) is 10.3 Å². The number of nitriles is 1. The number of rotatable bonds is 9. The van der Waals surface area contributed by atoms with Crippen LogP contribution in [0.4, 0.5) is 5.69 Å². The Balaban J connectivity index is 1.48. The van der Waals surface area contributed by atoms with E-state index in [1.54, 1.807) is 36.4 Å². The first-order chi connectivity index (χ1) is 17.9. The monoisotopic (exact) mass is 578 g/mol. The van der Waals surface area contributed by atoms with Crippen molar-refractivity contribution in [2.45, 2.75) is 13.5 Å². The number of nitro benzene ring substituents is 1. The predicted molar refractivity (Wildman–Crippen MR) is 144 cm³/mol. The lowest BCUT2D eigenvalue weighted by molar-refractivity contribution is -0.384.